The summed E-state index contributed by atoms with van der Waals surface area (Å²) < 4.78 is 7.77. The van der Waals surface area contributed by atoms with Gasteiger partial charge in [-0.2, -0.15) is 9.97 Å². The fourth-order valence-electron chi connectivity index (χ4n) is 3.96. The first-order valence-electron chi connectivity index (χ1n) is 11.5. The summed E-state index contributed by atoms with van der Waals surface area (Å²) in [5.41, 5.74) is 2.30. The van der Waals surface area contributed by atoms with E-state index < -0.39 is 0 Å². The highest BCUT2D eigenvalue weighted by atomic mass is 16.5. The number of ether oxygens (including phenoxy) is 1. The third kappa shape index (κ3) is 5.09. The molecule has 0 bridgehead atoms. The molecular formula is C25H27N7O2. The molecule has 2 aromatic carbocycles. The molecule has 1 aliphatic rings. The maximum atomic E-state index is 12.0. The van der Waals surface area contributed by atoms with Crippen molar-refractivity contribution >= 4 is 34.5 Å². The van der Waals surface area contributed by atoms with E-state index in [9.17, 15) is 4.79 Å². The Morgan fingerprint density at radius 2 is 1.76 bits per heavy atom. The molecule has 0 saturated carbocycles. The summed E-state index contributed by atoms with van der Waals surface area (Å²) in [6.07, 6.45) is 3.32. The summed E-state index contributed by atoms with van der Waals surface area (Å²) in [5, 5.41) is 6.62. The van der Waals surface area contributed by atoms with Crippen LogP contribution >= 0.6 is 0 Å². The molecule has 9 nitrogen and oxygen atoms in total. The number of benzene rings is 2. The van der Waals surface area contributed by atoms with Crippen LogP contribution in [0.25, 0.3) is 11.2 Å². The third-order valence-electron chi connectivity index (χ3n) is 5.68. The minimum atomic E-state index is 0.214. The molecule has 1 amide bonds. The number of imidazole rings is 1. The molecule has 3 heterocycles. The van der Waals surface area contributed by atoms with Crippen molar-refractivity contribution in [1.29, 1.82) is 0 Å². The lowest BCUT2D eigenvalue weighted by Crippen LogP contribution is -2.28. The minimum absolute atomic E-state index is 0.214. The average Bonchev–Trinajstić information content (AvgIpc) is 3.47. The van der Waals surface area contributed by atoms with Crippen LogP contribution < -0.4 is 15.4 Å². The first kappa shape index (κ1) is 21.7. The number of hydrogen-bond donors (Lipinski definition) is 2. The van der Waals surface area contributed by atoms with E-state index in [2.05, 4.69) is 20.6 Å². The molecule has 0 radical (unpaired) electrons. The van der Waals surface area contributed by atoms with Crippen LogP contribution in [0.4, 0.5) is 17.5 Å². The smallest absolute Gasteiger partial charge is 0.231 e. The zero-order chi connectivity index (χ0) is 23.2. The summed E-state index contributed by atoms with van der Waals surface area (Å²) in [7, 11) is 0. The van der Waals surface area contributed by atoms with Crippen molar-refractivity contribution in [3.05, 3.63) is 67.0 Å². The van der Waals surface area contributed by atoms with Gasteiger partial charge >= 0.3 is 0 Å². The number of anilines is 3. The molecule has 2 N–H and O–H groups in total. The quantitative estimate of drug-likeness (QED) is 0.351. The second-order valence-corrected chi connectivity index (χ2v) is 8.07. The Morgan fingerprint density at radius 3 is 2.53 bits per heavy atom. The molecule has 0 aliphatic carbocycles. The van der Waals surface area contributed by atoms with E-state index in [1.165, 1.54) is 0 Å². The molecule has 0 unspecified atom stereocenters. The number of carbonyl (C=O) groups excluding carboxylic acids is 1. The van der Waals surface area contributed by atoms with Gasteiger partial charge in [-0.15, -0.1) is 0 Å². The Labute approximate surface area is 197 Å². The van der Waals surface area contributed by atoms with Crippen LogP contribution in [0.1, 0.15) is 12.8 Å². The number of rotatable bonds is 10. The molecule has 174 valence electrons. The Balaban J connectivity index is 1.35. The van der Waals surface area contributed by atoms with Gasteiger partial charge < -0.3 is 24.8 Å². The average molecular weight is 458 g/mol. The number of nitrogens with zero attached hydrogens (tertiary/aromatic N) is 5. The van der Waals surface area contributed by atoms with Crippen molar-refractivity contribution in [1.82, 2.24) is 24.4 Å². The Bertz CT molecular complexity index is 1240. The highest BCUT2D eigenvalue weighted by molar-refractivity contribution is 5.84. The summed E-state index contributed by atoms with van der Waals surface area (Å²) in [4.78, 5) is 27.9. The summed E-state index contributed by atoms with van der Waals surface area (Å²) in [5.74, 6) is 2.15. The summed E-state index contributed by atoms with van der Waals surface area (Å²) in [6.45, 7) is 3.12. The van der Waals surface area contributed by atoms with E-state index in [1.54, 1.807) is 6.33 Å². The number of carbonyl (C=O) groups is 1. The molecule has 4 aromatic rings. The van der Waals surface area contributed by atoms with Crippen molar-refractivity contribution in [2.75, 3.05) is 36.9 Å². The van der Waals surface area contributed by atoms with Crippen molar-refractivity contribution in [3.8, 4) is 5.75 Å². The SMILES string of the molecule is O=C1CCCN1CCn1cnc2c(NCCOc3ccccc3)nc(Nc3ccccc3)nc21. The zero-order valence-electron chi connectivity index (χ0n) is 18.9. The molecule has 34 heavy (non-hydrogen) atoms. The lowest BCUT2D eigenvalue weighted by atomic mass is 10.3. The number of fused-ring (bicyclic) bond motifs is 1. The van der Waals surface area contributed by atoms with E-state index in [0.29, 0.717) is 55.6 Å². The fraction of sp³-hybridized carbons (Fsp3) is 0.280. The van der Waals surface area contributed by atoms with Crippen LogP contribution in [0.2, 0.25) is 0 Å². The van der Waals surface area contributed by atoms with Crippen LogP contribution in [0.3, 0.4) is 0 Å². The van der Waals surface area contributed by atoms with E-state index in [1.807, 2.05) is 70.1 Å². The van der Waals surface area contributed by atoms with E-state index in [4.69, 9.17) is 9.72 Å². The largest absolute Gasteiger partial charge is 0.492 e. The van der Waals surface area contributed by atoms with E-state index in [0.717, 1.165) is 24.4 Å². The molecule has 1 aliphatic heterocycles. The van der Waals surface area contributed by atoms with Crippen LogP contribution in [0.15, 0.2) is 67.0 Å². The predicted molar refractivity (Wildman–Crippen MR) is 131 cm³/mol. The highest BCUT2D eigenvalue weighted by Crippen LogP contribution is 2.23. The fourth-order valence-corrected chi connectivity index (χ4v) is 3.96. The normalized spacial score (nSPS) is 13.4. The molecule has 9 heteroatoms. The number of para-hydroxylation sites is 2. The lowest BCUT2D eigenvalue weighted by Gasteiger charge is -2.16. The summed E-state index contributed by atoms with van der Waals surface area (Å²) in [6, 6.07) is 19.5. The van der Waals surface area contributed by atoms with Gasteiger partial charge in [0.25, 0.3) is 0 Å². The Hall–Kier alpha value is -4.14. The Kier molecular flexibility index (Phi) is 6.51. The highest BCUT2D eigenvalue weighted by Gasteiger charge is 2.20. The number of aromatic nitrogens is 4. The van der Waals surface area contributed by atoms with E-state index >= 15 is 0 Å². The molecule has 2 aromatic heterocycles. The van der Waals surface area contributed by atoms with Gasteiger partial charge in [-0.3, -0.25) is 4.79 Å². The summed E-state index contributed by atoms with van der Waals surface area (Å²) >= 11 is 0. The molecule has 1 fully saturated rings. The lowest BCUT2D eigenvalue weighted by molar-refractivity contribution is -0.127. The molecule has 1 saturated heterocycles. The number of nitrogens with one attached hydrogen (secondary N) is 2. The van der Waals surface area contributed by atoms with Gasteiger partial charge in [0, 0.05) is 31.7 Å². The number of likely N-dealkylation sites (tertiary alicyclic amines) is 1. The van der Waals surface area contributed by atoms with Crippen molar-refractivity contribution in [2.45, 2.75) is 19.4 Å². The maximum absolute atomic E-state index is 12.0. The van der Waals surface area contributed by atoms with E-state index in [-0.39, 0.29) is 5.91 Å². The van der Waals surface area contributed by atoms with Gasteiger partial charge in [0.15, 0.2) is 17.0 Å². The van der Waals surface area contributed by atoms with Crippen LogP contribution in [-0.2, 0) is 11.3 Å². The van der Waals surface area contributed by atoms with Crippen molar-refractivity contribution < 1.29 is 9.53 Å². The van der Waals surface area contributed by atoms with Crippen LogP contribution in [0.5, 0.6) is 5.75 Å². The zero-order valence-corrected chi connectivity index (χ0v) is 18.9. The predicted octanol–water partition coefficient (Wildman–Crippen LogP) is 3.68. The van der Waals surface area contributed by atoms with Crippen molar-refractivity contribution in [2.24, 2.45) is 0 Å². The van der Waals surface area contributed by atoms with Crippen LogP contribution in [0, 0.1) is 0 Å². The third-order valence-corrected chi connectivity index (χ3v) is 5.68. The van der Waals surface area contributed by atoms with Gasteiger partial charge in [-0.05, 0) is 30.7 Å². The standard InChI is InChI=1S/C25H27N7O2/c33-21-12-7-14-31(21)15-16-32-18-27-22-23(26-13-17-34-20-10-5-2-6-11-20)29-25(30-24(22)32)28-19-8-3-1-4-9-19/h1-6,8-11,18H,7,12-17H2,(H2,26,28,29,30). The molecule has 5 rings (SSSR count). The number of hydrogen-bond acceptors (Lipinski definition) is 7. The second kappa shape index (κ2) is 10.2. The topological polar surface area (TPSA) is 97.2 Å². The van der Waals surface area contributed by atoms with Gasteiger partial charge in [0.2, 0.25) is 11.9 Å². The van der Waals surface area contributed by atoms with Gasteiger partial charge in [0.1, 0.15) is 12.4 Å². The van der Waals surface area contributed by atoms with Crippen LogP contribution in [-0.4, -0.2) is 56.6 Å². The maximum Gasteiger partial charge on any atom is 0.231 e. The van der Waals surface area contributed by atoms with Gasteiger partial charge in [0.05, 0.1) is 12.9 Å². The monoisotopic (exact) mass is 457 g/mol. The molecule has 0 atom stereocenters. The number of amides is 1. The molecular weight excluding hydrogens is 430 g/mol. The minimum Gasteiger partial charge on any atom is -0.492 e. The Morgan fingerprint density at radius 1 is 0.971 bits per heavy atom. The molecule has 0 spiro atoms. The first-order valence-corrected chi connectivity index (χ1v) is 11.5. The van der Waals surface area contributed by atoms with Crippen molar-refractivity contribution in [3.63, 3.8) is 0 Å². The van der Waals surface area contributed by atoms with Gasteiger partial charge in [-0.1, -0.05) is 36.4 Å². The second-order valence-electron chi connectivity index (χ2n) is 8.07. The first-order chi connectivity index (χ1) is 16.8. The van der Waals surface area contributed by atoms with Gasteiger partial charge in [-0.25, -0.2) is 4.98 Å².